The van der Waals surface area contributed by atoms with Crippen LogP contribution in [0.1, 0.15) is 25.3 Å². The highest BCUT2D eigenvalue weighted by Crippen LogP contribution is 2.02. The second-order valence-corrected chi connectivity index (χ2v) is 4.26. The summed E-state index contributed by atoms with van der Waals surface area (Å²) in [6.07, 6.45) is 1.88. The van der Waals surface area contributed by atoms with Gasteiger partial charge in [0.15, 0.2) is 0 Å². The monoisotopic (exact) mass is 248 g/mol. The fourth-order valence-corrected chi connectivity index (χ4v) is 1.56. The van der Waals surface area contributed by atoms with Crippen molar-refractivity contribution >= 4 is 11.8 Å². The van der Waals surface area contributed by atoms with Crippen LogP contribution in [0.4, 0.5) is 0 Å². The molecule has 0 aliphatic carbocycles. The maximum Gasteiger partial charge on any atom is 0.311 e. The van der Waals surface area contributed by atoms with E-state index in [4.69, 9.17) is 0 Å². The van der Waals surface area contributed by atoms with Crippen LogP contribution in [0, 0.1) is 0 Å². The third kappa shape index (κ3) is 4.57. The molecule has 1 N–H and O–H groups in total. The van der Waals surface area contributed by atoms with E-state index in [1.165, 1.54) is 4.90 Å². The smallest absolute Gasteiger partial charge is 0.311 e. The van der Waals surface area contributed by atoms with Gasteiger partial charge in [0, 0.05) is 20.1 Å². The lowest BCUT2D eigenvalue weighted by Gasteiger charge is -2.16. The fourth-order valence-electron chi connectivity index (χ4n) is 1.56. The highest BCUT2D eigenvalue weighted by molar-refractivity contribution is 6.34. The van der Waals surface area contributed by atoms with Gasteiger partial charge in [-0.25, -0.2) is 0 Å². The molecule has 4 heteroatoms. The number of likely N-dealkylation sites (N-methyl/N-ethyl adjacent to an activating group) is 1. The normalized spacial score (nSPS) is 9.89. The SMILES string of the molecule is CCCCNC(=O)C(=O)N(C)Cc1ccccc1. The zero-order valence-corrected chi connectivity index (χ0v) is 11.0. The Hall–Kier alpha value is -1.84. The van der Waals surface area contributed by atoms with Crippen LogP contribution in [-0.4, -0.2) is 30.3 Å². The molecule has 1 aromatic rings. The Labute approximate surface area is 108 Å². The number of nitrogens with one attached hydrogen (secondary N) is 1. The van der Waals surface area contributed by atoms with E-state index in [0.29, 0.717) is 13.1 Å². The zero-order valence-electron chi connectivity index (χ0n) is 11.0. The van der Waals surface area contributed by atoms with Crippen LogP contribution in [0.5, 0.6) is 0 Å². The van der Waals surface area contributed by atoms with Crippen molar-refractivity contribution in [3.05, 3.63) is 35.9 Å². The predicted molar refractivity (Wildman–Crippen MR) is 70.8 cm³/mol. The molecule has 0 saturated heterocycles. The van der Waals surface area contributed by atoms with Crippen molar-refractivity contribution in [1.29, 1.82) is 0 Å². The van der Waals surface area contributed by atoms with Crippen LogP contribution < -0.4 is 5.32 Å². The summed E-state index contributed by atoms with van der Waals surface area (Å²) in [5.74, 6) is -1.02. The van der Waals surface area contributed by atoms with Crippen molar-refractivity contribution in [2.45, 2.75) is 26.3 Å². The van der Waals surface area contributed by atoms with Crippen LogP contribution >= 0.6 is 0 Å². The molecular formula is C14H20N2O2. The van der Waals surface area contributed by atoms with E-state index in [1.807, 2.05) is 37.3 Å². The van der Waals surface area contributed by atoms with Gasteiger partial charge >= 0.3 is 11.8 Å². The van der Waals surface area contributed by atoms with Gasteiger partial charge in [-0.05, 0) is 12.0 Å². The van der Waals surface area contributed by atoms with Gasteiger partial charge in [-0.15, -0.1) is 0 Å². The van der Waals surface area contributed by atoms with E-state index >= 15 is 0 Å². The lowest BCUT2D eigenvalue weighted by Crippen LogP contribution is -2.41. The number of rotatable bonds is 5. The maximum absolute atomic E-state index is 11.8. The van der Waals surface area contributed by atoms with Crippen LogP contribution in [0.2, 0.25) is 0 Å². The third-order valence-electron chi connectivity index (χ3n) is 2.62. The van der Waals surface area contributed by atoms with Crippen LogP contribution in [0.15, 0.2) is 30.3 Å². The average Bonchev–Trinajstić information content (AvgIpc) is 2.39. The molecule has 0 unspecified atom stereocenters. The van der Waals surface area contributed by atoms with Gasteiger partial charge in [-0.1, -0.05) is 43.7 Å². The molecule has 0 fully saturated rings. The van der Waals surface area contributed by atoms with Crippen molar-refractivity contribution in [3.8, 4) is 0 Å². The van der Waals surface area contributed by atoms with E-state index in [-0.39, 0.29) is 0 Å². The first-order valence-electron chi connectivity index (χ1n) is 6.22. The van der Waals surface area contributed by atoms with Crippen molar-refractivity contribution in [2.24, 2.45) is 0 Å². The summed E-state index contributed by atoms with van der Waals surface area (Å²) in [5.41, 5.74) is 1.01. The van der Waals surface area contributed by atoms with E-state index < -0.39 is 11.8 Å². The number of hydrogen-bond acceptors (Lipinski definition) is 2. The molecule has 4 nitrogen and oxygen atoms in total. The first kappa shape index (κ1) is 14.2. The molecule has 1 aromatic carbocycles. The summed E-state index contributed by atoms with van der Waals surface area (Å²) in [7, 11) is 1.63. The van der Waals surface area contributed by atoms with Gasteiger partial charge in [-0.2, -0.15) is 0 Å². The van der Waals surface area contributed by atoms with Crippen LogP contribution in [0.25, 0.3) is 0 Å². The van der Waals surface area contributed by atoms with Gasteiger partial charge in [0.1, 0.15) is 0 Å². The minimum atomic E-state index is -0.526. The number of unbranched alkanes of at least 4 members (excludes halogenated alkanes) is 1. The Morgan fingerprint density at radius 3 is 2.50 bits per heavy atom. The molecule has 0 bridgehead atoms. The highest BCUT2D eigenvalue weighted by atomic mass is 16.2. The second-order valence-electron chi connectivity index (χ2n) is 4.26. The summed E-state index contributed by atoms with van der Waals surface area (Å²) >= 11 is 0. The quantitative estimate of drug-likeness (QED) is 0.635. The first-order valence-corrected chi connectivity index (χ1v) is 6.22. The Bertz CT molecular complexity index is 390. The number of carbonyl (C=O) groups is 2. The third-order valence-corrected chi connectivity index (χ3v) is 2.62. The average molecular weight is 248 g/mol. The Morgan fingerprint density at radius 1 is 1.22 bits per heavy atom. The first-order chi connectivity index (χ1) is 8.65. The van der Waals surface area contributed by atoms with Gasteiger partial charge in [0.2, 0.25) is 0 Å². The van der Waals surface area contributed by atoms with Crippen molar-refractivity contribution in [1.82, 2.24) is 10.2 Å². The Balaban J connectivity index is 2.43. The van der Waals surface area contributed by atoms with Gasteiger partial charge < -0.3 is 10.2 Å². The number of amides is 2. The zero-order chi connectivity index (χ0) is 13.4. The van der Waals surface area contributed by atoms with Gasteiger partial charge in [-0.3, -0.25) is 9.59 Å². The summed E-state index contributed by atoms with van der Waals surface area (Å²) in [4.78, 5) is 24.7. The molecule has 98 valence electrons. The molecule has 18 heavy (non-hydrogen) atoms. The topological polar surface area (TPSA) is 49.4 Å². The number of nitrogens with zero attached hydrogens (tertiary/aromatic N) is 1. The molecule has 0 heterocycles. The van der Waals surface area contributed by atoms with Crippen molar-refractivity contribution in [3.63, 3.8) is 0 Å². The minimum absolute atomic E-state index is 0.445. The second kappa shape index (κ2) is 7.48. The Morgan fingerprint density at radius 2 is 1.89 bits per heavy atom. The van der Waals surface area contributed by atoms with Crippen LogP contribution in [-0.2, 0) is 16.1 Å². The number of hydrogen-bond donors (Lipinski definition) is 1. The molecule has 0 aromatic heterocycles. The van der Waals surface area contributed by atoms with Crippen molar-refractivity contribution in [2.75, 3.05) is 13.6 Å². The van der Waals surface area contributed by atoms with E-state index in [2.05, 4.69) is 5.32 Å². The summed E-state index contributed by atoms with van der Waals surface area (Å²) in [5, 5.41) is 2.62. The maximum atomic E-state index is 11.8. The molecule has 0 aliphatic heterocycles. The number of benzene rings is 1. The van der Waals surface area contributed by atoms with E-state index in [1.54, 1.807) is 7.05 Å². The van der Waals surface area contributed by atoms with Crippen molar-refractivity contribution < 1.29 is 9.59 Å². The highest BCUT2D eigenvalue weighted by Gasteiger charge is 2.17. The molecular weight excluding hydrogens is 228 g/mol. The van der Waals surface area contributed by atoms with Crippen LogP contribution in [0.3, 0.4) is 0 Å². The van der Waals surface area contributed by atoms with Gasteiger partial charge in [0.25, 0.3) is 0 Å². The minimum Gasteiger partial charge on any atom is -0.348 e. The fraction of sp³-hybridized carbons (Fsp3) is 0.429. The largest absolute Gasteiger partial charge is 0.348 e. The van der Waals surface area contributed by atoms with Gasteiger partial charge in [0.05, 0.1) is 0 Å². The lowest BCUT2D eigenvalue weighted by atomic mass is 10.2. The molecule has 0 atom stereocenters. The standard InChI is InChI=1S/C14H20N2O2/c1-3-4-10-15-13(17)14(18)16(2)11-12-8-6-5-7-9-12/h5-9H,3-4,10-11H2,1-2H3,(H,15,17). The summed E-state index contributed by atoms with van der Waals surface area (Å²) in [6, 6.07) is 9.60. The number of carbonyl (C=O) groups excluding carboxylic acids is 2. The summed E-state index contributed by atoms with van der Waals surface area (Å²) < 4.78 is 0. The van der Waals surface area contributed by atoms with E-state index in [9.17, 15) is 9.59 Å². The molecule has 1 rings (SSSR count). The molecule has 2 amide bonds. The summed E-state index contributed by atoms with van der Waals surface area (Å²) in [6.45, 7) is 3.04. The molecule has 0 saturated carbocycles. The predicted octanol–water partition coefficient (Wildman–Crippen LogP) is 1.56. The molecule has 0 radical (unpaired) electrons. The molecule has 0 aliphatic rings. The van der Waals surface area contributed by atoms with E-state index in [0.717, 1.165) is 18.4 Å². The molecule has 0 spiro atoms. The lowest BCUT2D eigenvalue weighted by molar-refractivity contribution is -0.145. The Kier molecular flexibility index (Phi) is 5.91.